The van der Waals surface area contributed by atoms with Gasteiger partial charge in [0.1, 0.15) is 6.61 Å². The van der Waals surface area contributed by atoms with Crippen LogP contribution in [-0.2, 0) is 16.1 Å². The summed E-state index contributed by atoms with van der Waals surface area (Å²) in [6.45, 7) is 2.44. The summed E-state index contributed by atoms with van der Waals surface area (Å²) in [6, 6.07) is 23.0. The number of benzene rings is 3. The molecule has 3 aromatic rings. The van der Waals surface area contributed by atoms with Crippen LogP contribution in [0.25, 0.3) is 6.08 Å². The minimum absolute atomic E-state index is 0.241. The highest BCUT2D eigenvalue weighted by Gasteiger charge is 2.24. The lowest BCUT2D eigenvalue weighted by atomic mass is 10.1. The van der Waals surface area contributed by atoms with E-state index in [1.807, 2.05) is 73.7 Å². The van der Waals surface area contributed by atoms with Crippen molar-refractivity contribution in [1.82, 2.24) is 0 Å². The summed E-state index contributed by atoms with van der Waals surface area (Å²) in [5, 5.41) is 0. The van der Waals surface area contributed by atoms with Crippen LogP contribution in [0.5, 0.6) is 11.5 Å². The van der Waals surface area contributed by atoms with Gasteiger partial charge in [0.2, 0.25) is 5.90 Å². The molecule has 1 aliphatic rings. The number of rotatable bonds is 6. The minimum Gasteiger partial charge on any atom is -0.493 e. The second-order valence-electron chi connectivity index (χ2n) is 6.89. The van der Waals surface area contributed by atoms with Crippen LogP contribution in [0.1, 0.15) is 22.3 Å². The Balaban J connectivity index is 1.54. The average Bonchev–Trinajstić information content (AvgIpc) is 3.14. The number of carbonyl (C=O) groups is 1. The van der Waals surface area contributed by atoms with Crippen molar-refractivity contribution in [3.05, 3.63) is 101 Å². The Labute approximate surface area is 175 Å². The van der Waals surface area contributed by atoms with Gasteiger partial charge in [-0.1, -0.05) is 54.1 Å². The molecule has 1 aliphatic heterocycles. The average molecular weight is 399 g/mol. The maximum atomic E-state index is 12.2. The molecule has 0 unspecified atom stereocenters. The Morgan fingerprint density at radius 3 is 2.47 bits per heavy atom. The van der Waals surface area contributed by atoms with E-state index >= 15 is 0 Å². The first kappa shape index (κ1) is 19.5. The number of nitrogens with zero attached hydrogens (tertiary/aromatic N) is 1. The molecular formula is C25H21NO4. The van der Waals surface area contributed by atoms with Gasteiger partial charge in [-0.2, -0.15) is 0 Å². The van der Waals surface area contributed by atoms with E-state index in [2.05, 4.69) is 4.99 Å². The molecule has 0 bridgehead atoms. The van der Waals surface area contributed by atoms with E-state index in [4.69, 9.17) is 14.2 Å². The van der Waals surface area contributed by atoms with Gasteiger partial charge in [0.15, 0.2) is 17.2 Å². The zero-order chi connectivity index (χ0) is 20.9. The highest BCUT2D eigenvalue weighted by atomic mass is 16.6. The standard InChI is InChI=1S/C25H21NO4/c1-17-8-11-20(12-9-17)24-26-21(25(27)30-24)14-19-10-13-22(23(15-19)28-2)29-16-18-6-4-3-5-7-18/h3-15H,16H2,1-2H3. The van der Waals surface area contributed by atoms with Gasteiger partial charge in [0, 0.05) is 5.56 Å². The first-order chi connectivity index (χ1) is 14.6. The fourth-order valence-electron chi connectivity index (χ4n) is 3.02. The molecule has 150 valence electrons. The maximum absolute atomic E-state index is 12.2. The predicted octanol–water partition coefficient (Wildman–Crippen LogP) is 4.93. The SMILES string of the molecule is COc1cc(C=C2N=C(c3ccc(C)cc3)OC2=O)ccc1OCc1ccccc1. The van der Waals surface area contributed by atoms with Crippen LogP contribution in [0.2, 0.25) is 0 Å². The molecule has 5 nitrogen and oxygen atoms in total. The maximum Gasteiger partial charge on any atom is 0.363 e. The molecule has 0 saturated carbocycles. The number of hydrogen-bond donors (Lipinski definition) is 0. The molecule has 0 saturated heterocycles. The first-order valence-corrected chi connectivity index (χ1v) is 9.57. The first-order valence-electron chi connectivity index (χ1n) is 9.57. The number of aliphatic imine (C=N–C) groups is 1. The van der Waals surface area contributed by atoms with Gasteiger partial charge < -0.3 is 14.2 Å². The van der Waals surface area contributed by atoms with Crippen molar-refractivity contribution in [2.45, 2.75) is 13.5 Å². The summed E-state index contributed by atoms with van der Waals surface area (Å²) in [7, 11) is 1.58. The van der Waals surface area contributed by atoms with Crippen LogP contribution < -0.4 is 9.47 Å². The zero-order valence-corrected chi connectivity index (χ0v) is 16.8. The number of ether oxygens (including phenoxy) is 3. The molecule has 0 N–H and O–H groups in total. The van der Waals surface area contributed by atoms with E-state index in [-0.39, 0.29) is 5.70 Å². The quantitative estimate of drug-likeness (QED) is 0.436. The Kier molecular flexibility index (Phi) is 5.61. The van der Waals surface area contributed by atoms with E-state index in [0.29, 0.717) is 24.0 Å². The number of aryl methyl sites for hydroxylation is 1. The molecule has 0 radical (unpaired) electrons. The smallest absolute Gasteiger partial charge is 0.363 e. The third-order valence-corrected chi connectivity index (χ3v) is 4.65. The van der Waals surface area contributed by atoms with Gasteiger partial charge in [-0.15, -0.1) is 0 Å². The lowest BCUT2D eigenvalue weighted by Gasteiger charge is -2.11. The van der Waals surface area contributed by atoms with Crippen LogP contribution in [0.4, 0.5) is 0 Å². The summed E-state index contributed by atoms with van der Waals surface area (Å²) in [4.78, 5) is 16.6. The normalized spacial score (nSPS) is 14.4. The number of carbonyl (C=O) groups excluding carboxylic acids is 1. The summed E-state index contributed by atoms with van der Waals surface area (Å²) < 4.78 is 16.7. The van der Waals surface area contributed by atoms with Crippen LogP contribution in [0, 0.1) is 6.92 Å². The van der Waals surface area contributed by atoms with Crippen LogP contribution >= 0.6 is 0 Å². The van der Waals surface area contributed by atoms with E-state index in [9.17, 15) is 4.79 Å². The molecule has 3 aromatic carbocycles. The Morgan fingerprint density at radius 1 is 0.967 bits per heavy atom. The van der Waals surface area contributed by atoms with Gasteiger partial charge in [0.25, 0.3) is 0 Å². The topological polar surface area (TPSA) is 57.1 Å². The third kappa shape index (κ3) is 4.41. The zero-order valence-electron chi connectivity index (χ0n) is 16.8. The molecule has 0 aromatic heterocycles. The Hall–Kier alpha value is -3.86. The third-order valence-electron chi connectivity index (χ3n) is 4.65. The summed E-state index contributed by atoms with van der Waals surface area (Å²) in [5.41, 5.74) is 3.96. The van der Waals surface area contributed by atoms with Crippen LogP contribution in [-0.4, -0.2) is 19.0 Å². The second kappa shape index (κ2) is 8.66. The summed E-state index contributed by atoms with van der Waals surface area (Å²) in [5.74, 6) is 1.03. The molecule has 5 heteroatoms. The van der Waals surface area contributed by atoms with Crippen molar-refractivity contribution in [2.24, 2.45) is 4.99 Å². The molecule has 0 amide bonds. The van der Waals surface area contributed by atoms with Crippen molar-refractivity contribution < 1.29 is 19.0 Å². The van der Waals surface area contributed by atoms with Crippen molar-refractivity contribution in [3.8, 4) is 11.5 Å². The molecule has 0 fully saturated rings. The fourth-order valence-corrected chi connectivity index (χ4v) is 3.02. The lowest BCUT2D eigenvalue weighted by Crippen LogP contribution is -2.05. The number of esters is 1. The Morgan fingerprint density at radius 2 is 1.73 bits per heavy atom. The fraction of sp³-hybridized carbons (Fsp3) is 0.120. The van der Waals surface area contributed by atoms with Crippen LogP contribution in [0.15, 0.2) is 83.5 Å². The summed E-state index contributed by atoms with van der Waals surface area (Å²) >= 11 is 0. The van der Waals surface area contributed by atoms with Gasteiger partial charge in [0.05, 0.1) is 7.11 Å². The van der Waals surface area contributed by atoms with Crippen molar-refractivity contribution >= 4 is 17.9 Å². The van der Waals surface area contributed by atoms with E-state index in [0.717, 1.165) is 22.3 Å². The van der Waals surface area contributed by atoms with E-state index < -0.39 is 5.97 Å². The van der Waals surface area contributed by atoms with Crippen molar-refractivity contribution in [3.63, 3.8) is 0 Å². The second-order valence-corrected chi connectivity index (χ2v) is 6.89. The predicted molar refractivity (Wildman–Crippen MR) is 116 cm³/mol. The highest BCUT2D eigenvalue weighted by molar-refractivity contribution is 6.12. The molecule has 0 aliphatic carbocycles. The van der Waals surface area contributed by atoms with E-state index in [1.54, 1.807) is 19.3 Å². The highest BCUT2D eigenvalue weighted by Crippen LogP contribution is 2.30. The minimum atomic E-state index is -0.478. The van der Waals surface area contributed by atoms with Gasteiger partial charge in [-0.25, -0.2) is 9.79 Å². The number of cyclic esters (lactones) is 1. The summed E-state index contributed by atoms with van der Waals surface area (Å²) in [6.07, 6.45) is 1.67. The molecule has 0 spiro atoms. The Bertz CT molecular complexity index is 1120. The van der Waals surface area contributed by atoms with Gasteiger partial charge >= 0.3 is 5.97 Å². The van der Waals surface area contributed by atoms with Gasteiger partial charge in [-0.05, 0) is 48.4 Å². The molecular weight excluding hydrogens is 378 g/mol. The molecule has 1 heterocycles. The van der Waals surface area contributed by atoms with Crippen LogP contribution in [0.3, 0.4) is 0 Å². The lowest BCUT2D eigenvalue weighted by molar-refractivity contribution is -0.129. The van der Waals surface area contributed by atoms with Crippen molar-refractivity contribution in [1.29, 1.82) is 0 Å². The van der Waals surface area contributed by atoms with Gasteiger partial charge in [-0.3, -0.25) is 0 Å². The largest absolute Gasteiger partial charge is 0.493 e. The number of methoxy groups -OCH3 is 1. The number of hydrogen-bond acceptors (Lipinski definition) is 5. The molecule has 4 rings (SSSR count). The van der Waals surface area contributed by atoms with Crippen molar-refractivity contribution in [2.75, 3.05) is 7.11 Å². The monoisotopic (exact) mass is 399 g/mol. The van der Waals surface area contributed by atoms with E-state index in [1.165, 1.54) is 0 Å². The molecule has 30 heavy (non-hydrogen) atoms. The molecule has 0 atom stereocenters.